The van der Waals surface area contributed by atoms with Crippen molar-refractivity contribution in [2.45, 2.75) is 11.8 Å². The molecule has 1 heterocycles. The number of amides is 1. The molecule has 0 bridgehead atoms. The van der Waals surface area contributed by atoms with E-state index in [1.165, 1.54) is 55.8 Å². The molecule has 1 amide bonds. The number of benzene rings is 2. The van der Waals surface area contributed by atoms with Gasteiger partial charge in [-0.3, -0.25) is 18.8 Å². The van der Waals surface area contributed by atoms with E-state index in [1.807, 2.05) is 0 Å². The lowest BCUT2D eigenvalue weighted by Crippen LogP contribution is -2.28. The smallest absolute Gasteiger partial charge is 0.261 e. The Bertz CT molecular complexity index is 1290. The molecule has 2 aromatic carbocycles. The summed E-state index contributed by atoms with van der Waals surface area (Å²) in [5.41, 5.74) is 1.51. The minimum absolute atomic E-state index is 0.0314. The molecule has 9 nitrogen and oxygen atoms in total. The van der Waals surface area contributed by atoms with Gasteiger partial charge in [-0.05, 0) is 67.6 Å². The third-order valence-corrected chi connectivity index (χ3v) is 7.78. The van der Waals surface area contributed by atoms with Gasteiger partial charge in [0.2, 0.25) is 10.0 Å². The number of anilines is 3. The van der Waals surface area contributed by atoms with E-state index in [0.29, 0.717) is 22.6 Å². The lowest BCUT2D eigenvalue weighted by Gasteiger charge is -2.18. The molecule has 0 unspecified atom stereocenters. The number of rotatable bonds is 8. The molecule has 0 saturated heterocycles. The monoisotopic (exact) mass is 474 g/mol. The topological polar surface area (TPSA) is 126 Å². The van der Waals surface area contributed by atoms with E-state index in [1.54, 1.807) is 31.2 Å². The number of hydrogen-bond donors (Lipinski definition) is 2. The van der Waals surface area contributed by atoms with Gasteiger partial charge in [-0.25, -0.2) is 16.8 Å². The maximum Gasteiger partial charge on any atom is 0.261 e. The Morgan fingerprint density at radius 1 is 0.938 bits per heavy atom. The number of pyridine rings is 1. The number of nitrogens with zero attached hydrogens (tertiary/aromatic N) is 2. The van der Waals surface area contributed by atoms with Crippen LogP contribution in [-0.2, 0) is 20.0 Å². The van der Waals surface area contributed by atoms with Crippen molar-refractivity contribution in [1.29, 1.82) is 0 Å². The summed E-state index contributed by atoms with van der Waals surface area (Å²) in [6.07, 6.45) is 2.93. The van der Waals surface area contributed by atoms with E-state index in [9.17, 15) is 21.6 Å². The van der Waals surface area contributed by atoms with Crippen LogP contribution in [0.4, 0.5) is 17.1 Å². The average molecular weight is 475 g/mol. The quantitative estimate of drug-likeness (QED) is 0.517. The predicted octanol–water partition coefficient (Wildman–Crippen LogP) is 2.92. The van der Waals surface area contributed by atoms with Gasteiger partial charge in [-0.15, -0.1) is 0 Å². The van der Waals surface area contributed by atoms with Crippen LogP contribution < -0.4 is 14.3 Å². The minimum atomic E-state index is -3.79. The molecule has 3 rings (SSSR count). The summed E-state index contributed by atoms with van der Waals surface area (Å²) in [6.45, 7) is 1.55. The van der Waals surface area contributed by atoms with Crippen LogP contribution in [0.2, 0.25) is 0 Å². The summed E-state index contributed by atoms with van der Waals surface area (Å²) >= 11 is 0. The van der Waals surface area contributed by atoms with Crippen molar-refractivity contribution in [1.82, 2.24) is 4.98 Å². The average Bonchev–Trinajstić information content (AvgIpc) is 2.79. The molecule has 0 aliphatic carbocycles. The van der Waals surface area contributed by atoms with Gasteiger partial charge < -0.3 is 5.32 Å². The molecule has 0 aliphatic heterocycles. The second kappa shape index (κ2) is 9.37. The molecule has 0 saturated carbocycles. The zero-order valence-electron chi connectivity index (χ0n) is 17.4. The molecule has 3 aromatic rings. The van der Waals surface area contributed by atoms with Crippen molar-refractivity contribution in [3.63, 3.8) is 0 Å². The molecule has 168 valence electrons. The highest BCUT2D eigenvalue weighted by molar-refractivity contribution is 7.93. The van der Waals surface area contributed by atoms with Gasteiger partial charge in [-0.2, -0.15) is 0 Å². The lowest BCUT2D eigenvalue weighted by molar-refractivity contribution is 0.102. The van der Waals surface area contributed by atoms with Gasteiger partial charge in [-0.1, -0.05) is 0 Å². The standard InChI is InChI=1S/C21H22N4O5S2/c1-3-31(27,28)25(2)19-10-6-16(7-11-19)21(26)23-17-8-12-20(13-9-17)32(29,30)24-18-5-4-14-22-15-18/h4-15,24H,3H2,1-2H3,(H,23,26). The van der Waals surface area contributed by atoms with E-state index in [0.717, 1.165) is 4.31 Å². The van der Waals surface area contributed by atoms with Crippen LogP contribution >= 0.6 is 0 Å². The fourth-order valence-corrected chi connectivity index (χ4v) is 4.61. The summed E-state index contributed by atoms with van der Waals surface area (Å²) < 4.78 is 52.4. The Morgan fingerprint density at radius 3 is 2.16 bits per heavy atom. The first-order valence-electron chi connectivity index (χ1n) is 9.53. The zero-order valence-corrected chi connectivity index (χ0v) is 19.0. The third-order valence-electron chi connectivity index (χ3n) is 4.61. The Morgan fingerprint density at radius 2 is 1.59 bits per heavy atom. The summed E-state index contributed by atoms with van der Waals surface area (Å²) in [4.78, 5) is 16.4. The number of nitrogens with one attached hydrogen (secondary N) is 2. The molecule has 0 spiro atoms. The molecular weight excluding hydrogens is 452 g/mol. The molecule has 11 heteroatoms. The third kappa shape index (κ3) is 5.42. The highest BCUT2D eigenvalue weighted by atomic mass is 32.2. The number of carbonyl (C=O) groups is 1. The maximum absolute atomic E-state index is 12.5. The fourth-order valence-electron chi connectivity index (χ4n) is 2.73. The van der Waals surface area contributed by atoms with E-state index in [-0.39, 0.29) is 10.6 Å². The van der Waals surface area contributed by atoms with E-state index < -0.39 is 26.0 Å². The van der Waals surface area contributed by atoms with Crippen LogP contribution in [0.25, 0.3) is 0 Å². The van der Waals surface area contributed by atoms with Crippen LogP contribution in [0.15, 0.2) is 78.0 Å². The molecule has 2 N–H and O–H groups in total. The van der Waals surface area contributed by atoms with Gasteiger partial charge >= 0.3 is 0 Å². The van der Waals surface area contributed by atoms with Crippen molar-refractivity contribution >= 4 is 43.0 Å². The van der Waals surface area contributed by atoms with Crippen LogP contribution in [0.3, 0.4) is 0 Å². The molecule has 32 heavy (non-hydrogen) atoms. The Labute approximate surface area is 187 Å². The number of carbonyl (C=O) groups excluding carboxylic acids is 1. The molecule has 0 radical (unpaired) electrons. The largest absolute Gasteiger partial charge is 0.322 e. The van der Waals surface area contributed by atoms with Crippen molar-refractivity contribution in [3.05, 3.63) is 78.6 Å². The van der Waals surface area contributed by atoms with Crippen molar-refractivity contribution in [2.24, 2.45) is 0 Å². The van der Waals surface area contributed by atoms with Crippen molar-refractivity contribution in [2.75, 3.05) is 27.1 Å². The number of hydrogen-bond acceptors (Lipinski definition) is 6. The maximum atomic E-state index is 12.5. The Hall–Kier alpha value is -3.44. The molecule has 0 aliphatic rings. The van der Waals surface area contributed by atoms with E-state index in [2.05, 4.69) is 15.0 Å². The minimum Gasteiger partial charge on any atom is -0.322 e. The first-order chi connectivity index (χ1) is 15.1. The summed E-state index contributed by atoms with van der Waals surface area (Å²) in [5, 5.41) is 2.68. The van der Waals surface area contributed by atoms with Crippen LogP contribution in [-0.4, -0.2) is 40.5 Å². The van der Waals surface area contributed by atoms with Gasteiger partial charge in [0.05, 0.1) is 28.2 Å². The second-order valence-corrected chi connectivity index (χ2v) is 10.7. The predicted molar refractivity (Wildman–Crippen MR) is 124 cm³/mol. The van der Waals surface area contributed by atoms with Gasteiger partial charge in [0, 0.05) is 24.5 Å². The summed E-state index contributed by atoms with van der Waals surface area (Å²) in [6, 6.07) is 15.0. The Balaban J connectivity index is 1.68. The van der Waals surface area contributed by atoms with Crippen LogP contribution in [0.5, 0.6) is 0 Å². The normalized spacial score (nSPS) is 11.6. The van der Waals surface area contributed by atoms with E-state index >= 15 is 0 Å². The summed E-state index contributed by atoms with van der Waals surface area (Å²) in [5.74, 6) is -0.448. The summed E-state index contributed by atoms with van der Waals surface area (Å²) in [7, 11) is -5.74. The molecule has 1 aromatic heterocycles. The lowest BCUT2D eigenvalue weighted by atomic mass is 10.2. The molecule has 0 atom stereocenters. The first kappa shape index (κ1) is 23.2. The van der Waals surface area contributed by atoms with E-state index in [4.69, 9.17) is 0 Å². The van der Waals surface area contributed by atoms with Gasteiger partial charge in [0.25, 0.3) is 15.9 Å². The highest BCUT2D eigenvalue weighted by Gasteiger charge is 2.17. The Kier molecular flexibility index (Phi) is 6.80. The molecule has 0 fully saturated rings. The van der Waals surface area contributed by atoms with Crippen molar-refractivity contribution in [3.8, 4) is 0 Å². The van der Waals surface area contributed by atoms with Crippen LogP contribution in [0.1, 0.15) is 17.3 Å². The second-order valence-electron chi connectivity index (χ2n) is 6.74. The number of aromatic nitrogens is 1. The highest BCUT2D eigenvalue weighted by Crippen LogP contribution is 2.20. The molecular formula is C21H22N4O5S2. The zero-order chi connectivity index (χ0) is 23.4. The van der Waals surface area contributed by atoms with Gasteiger partial charge in [0.1, 0.15) is 0 Å². The van der Waals surface area contributed by atoms with Gasteiger partial charge in [0.15, 0.2) is 0 Å². The van der Waals surface area contributed by atoms with Crippen LogP contribution in [0, 0.1) is 0 Å². The fraction of sp³-hybridized carbons (Fsp3) is 0.143. The SMILES string of the molecule is CCS(=O)(=O)N(C)c1ccc(C(=O)Nc2ccc(S(=O)(=O)Nc3cccnc3)cc2)cc1. The number of sulfonamides is 2. The van der Waals surface area contributed by atoms with Crippen molar-refractivity contribution < 1.29 is 21.6 Å². The first-order valence-corrected chi connectivity index (χ1v) is 12.6.